The van der Waals surface area contributed by atoms with Gasteiger partial charge in [-0.3, -0.25) is 0 Å². The molecule has 0 aliphatic carbocycles. The summed E-state index contributed by atoms with van der Waals surface area (Å²) in [4.78, 5) is 2.24. The Balaban J connectivity index is 0.000000336. The molecular weight excluding hydrogens is 152 g/mol. The second kappa shape index (κ2) is 4.21. The van der Waals surface area contributed by atoms with Crippen molar-refractivity contribution in [2.45, 2.75) is 26.8 Å². The summed E-state index contributed by atoms with van der Waals surface area (Å²) in [5, 5.41) is 10.7. The maximum Gasteiger partial charge on any atom is 0.0997 e. The van der Waals surface area contributed by atoms with Gasteiger partial charge in [0, 0.05) is 19.5 Å². The van der Waals surface area contributed by atoms with Gasteiger partial charge in [0.1, 0.15) is 0 Å². The molecule has 0 spiro atoms. The molecule has 0 fully saturated rings. The zero-order valence-corrected chi connectivity index (χ0v) is 7.96. The number of H-pyrrole nitrogens is 1. The Hall–Kier alpha value is -0.900. The highest BCUT2D eigenvalue weighted by Crippen LogP contribution is 2.10. The van der Waals surface area contributed by atoms with Gasteiger partial charge in [-0.05, 0) is 7.05 Å². The van der Waals surface area contributed by atoms with Crippen molar-refractivity contribution in [3.63, 3.8) is 0 Å². The monoisotopic (exact) mass is 168 g/mol. The molecule has 0 saturated heterocycles. The Morgan fingerprint density at radius 3 is 2.67 bits per heavy atom. The number of nitrogens with one attached hydrogen (secondary N) is 1. The van der Waals surface area contributed by atoms with Crippen LogP contribution in [0.5, 0.6) is 0 Å². The van der Waals surface area contributed by atoms with Crippen LogP contribution in [0.25, 0.3) is 0 Å². The lowest BCUT2D eigenvalue weighted by atomic mass is 10.2. The first kappa shape index (κ1) is 9.19. The van der Waals surface area contributed by atoms with E-state index in [0.717, 1.165) is 30.9 Å². The molecule has 12 heavy (non-hydrogen) atoms. The van der Waals surface area contributed by atoms with Gasteiger partial charge >= 0.3 is 0 Å². The topological polar surface area (TPSA) is 44.8 Å². The van der Waals surface area contributed by atoms with Crippen molar-refractivity contribution >= 4 is 0 Å². The first-order chi connectivity index (χ1) is 5.86. The van der Waals surface area contributed by atoms with Crippen molar-refractivity contribution in [1.29, 1.82) is 0 Å². The average Bonchev–Trinajstić information content (AvgIpc) is 2.54. The quantitative estimate of drug-likeness (QED) is 0.623. The van der Waals surface area contributed by atoms with E-state index in [1.807, 2.05) is 13.8 Å². The van der Waals surface area contributed by atoms with Gasteiger partial charge in [0.25, 0.3) is 0 Å². The Kier molecular flexibility index (Phi) is 3.22. The molecule has 0 aromatic carbocycles. The summed E-state index contributed by atoms with van der Waals surface area (Å²) in [6.45, 7) is 6.03. The lowest BCUT2D eigenvalue weighted by Gasteiger charge is -2.19. The van der Waals surface area contributed by atoms with Crippen LogP contribution in [0.1, 0.15) is 25.2 Å². The minimum atomic E-state index is 0.936. The Morgan fingerprint density at radius 1 is 1.25 bits per heavy atom. The van der Waals surface area contributed by atoms with Crippen LogP contribution in [-0.2, 0) is 13.0 Å². The van der Waals surface area contributed by atoms with E-state index in [2.05, 4.69) is 27.4 Å². The maximum atomic E-state index is 4.03. The van der Waals surface area contributed by atoms with Gasteiger partial charge in [-0.15, -0.1) is 0 Å². The van der Waals surface area contributed by atoms with Crippen molar-refractivity contribution < 1.29 is 0 Å². The van der Waals surface area contributed by atoms with Crippen LogP contribution in [-0.4, -0.2) is 33.9 Å². The number of hydrogen-bond donors (Lipinski definition) is 1. The number of hydrogen-bond acceptors (Lipinski definition) is 3. The molecule has 2 rings (SSSR count). The minimum absolute atomic E-state index is 0.936. The molecule has 1 aromatic heterocycles. The van der Waals surface area contributed by atoms with Gasteiger partial charge in [0.05, 0.1) is 11.4 Å². The van der Waals surface area contributed by atoms with Crippen LogP contribution in [0.3, 0.4) is 0 Å². The van der Waals surface area contributed by atoms with E-state index in [4.69, 9.17) is 0 Å². The molecule has 0 bridgehead atoms. The Bertz CT molecular complexity index is 231. The number of aromatic amines is 1. The summed E-state index contributed by atoms with van der Waals surface area (Å²) in [6.07, 6.45) is 1.03. The number of fused-ring (bicyclic) bond motifs is 1. The highest BCUT2D eigenvalue weighted by Gasteiger charge is 2.15. The fourth-order valence-electron chi connectivity index (χ4n) is 1.23. The first-order valence-electron chi connectivity index (χ1n) is 4.43. The summed E-state index contributed by atoms with van der Waals surface area (Å²) >= 11 is 0. The summed E-state index contributed by atoms with van der Waals surface area (Å²) in [5.41, 5.74) is 2.24. The van der Waals surface area contributed by atoms with Crippen LogP contribution >= 0.6 is 0 Å². The number of rotatable bonds is 0. The molecule has 1 aliphatic heterocycles. The van der Waals surface area contributed by atoms with Crippen LogP contribution in [0, 0.1) is 0 Å². The zero-order valence-electron chi connectivity index (χ0n) is 7.96. The molecule has 1 aromatic rings. The number of likely N-dealkylation sites (N-methyl/N-ethyl adjacent to an activating group) is 1. The third kappa shape index (κ3) is 1.82. The van der Waals surface area contributed by atoms with Crippen molar-refractivity contribution in [2.24, 2.45) is 0 Å². The predicted octanol–water partition coefficient (Wildman–Crippen LogP) is 0.819. The molecule has 1 aliphatic rings. The van der Waals surface area contributed by atoms with Gasteiger partial charge < -0.3 is 4.90 Å². The van der Waals surface area contributed by atoms with Crippen LogP contribution in [0.4, 0.5) is 0 Å². The lowest BCUT2D eigenvalue weighted by Crippen LogP contribution is -2.26. The summed E-state index contributed by atoms with van der Waals surface area (Å²) < 4.78 is 0. The molecule has 4 nitrogen and oxygen atoms in total. The van der Waals surface area contributed by atoms with Crippen LogP contribution in [0.15, 0.2) is 0 Å². The molecule has 0 radical (unpaired) electrons. The van der Waals surface area contributed by atoms with Crippen molar-refractivity contribution in [3.05, 3.63) is 11.4 Å². The second-order valence-electron chi connectivity index (χ2n) is 2.70. The first-order valence-corrected chi connectivity index (χ1v) is 4.43. The Morgan fingerprint density at radius 2 is 1.92 bits per heavy atom. The fraction of sp³-hybridized carbons (Fsp3) is 0.750. The van der Waals surface area contributed by atoms with Gasteiger partial charge in [-0.2, -0.15) is 15.4 Å². The van der Waals surface area contributed by atoms with Crippen molar-refractivity contribution in [3.8, 4) is 0 Å². The van der Waals surface area contributed by atoms with E-state index in [-0.39, 0.29) is 0 Å². The third-order valence-corrected chi connectivity index (χ3v) is 1.85. The van der Waals surface area contributed by atoms with E-state index < -0.39 is 0 Å². The van der Waals surface area contributed by atoms with E-state index in [9.17, 15) is 0 Å². The largest absolute Gasteiger partial charge is 0.300 e. The van der Waals surface area contributed by atoms with Crippen molar-refractivity contribution in [2.75, 3.05) is 13.6 Å². The number of nitrogens with zero attached hydrogens (tertiary/aromatic N) is 3. The Labute approximate surface area is 73.0 Å². The van der Waals surface area contributed by atoms with Crippen LogP contribution in [0.2, 0.25) is 0 Å². The van der Waals surface area contributed by atoms with Crippen molar-refractivity contribution in [1.82, 2.24) is 20.3 Å². The summed E-state index contributed by atoms with van der Waals surface area (Å²) in [6, 6.07) is 0. The van der Waals surface area contributed by atoms with E-state index in [0.29, 0.717) is 0 Å². The SMILES string of the molecule is CC.CN1CCc2n[nH]nc2C1. The molecule has 0 saturated carbocycles. The zero-order chi connectivity index (χ0) is 8.97. The van der Waals surface area contributed by atoms with Crippen LogP contribution < -0.4 is 0 Å². The van der Waals surface area contributed by atoms with E-state index in [1.165, 1.54) is 0 Å². The van der Waals surface area contributed by atoms with Gasteiger partial charge in [-0.1, -0.05) is 13.8 Å². The average molecular weight is 168 g/mol. The summed E-state index contributed by atoms with van der Waals surface area (Å²) in [5.74, 6) is 0. The van der Waals surface area contributed by atoms with Gasteiger partial charge in [0.2, 0.25) is 0 Å². The molecule has 0 atom stereocenters. The molecule has 2 heterocycles. The molecule has 0 amide bonds. The number of aromatic nitrogens is 3. The molecule has 68 valence electrons. The molecule has 1 N–H and O–H groups in total. The predicted molar refractivity (Wildman–Crippen MR) is 47.8 cm³/mol. The third-order valence-electron chi connectivity index (χ3n) is 1.85. The summed E-state index contributed by atoms with van der Waals surface area (Å²) in [7, 11) is 2.09. The maximum absolute atomic E-state index is 4.03. The lowest BCUT2D eigenvalue weighted by molar-refractivity contribution is 0.307. The second-order valence-corrected chi connectivity index (χ2v) is 2.70. The van der Waals surface area contributed by atoms with E-state index >= 15 is 0 Å². The molecular formula is C8H16N4. The highest BCUT2D eigenvalue weighted by atomic mass is 15.3. The highest BCUT2D eigenvalue weighted by molar-refractivity contribution is 5.11. The minimum Gasteiger partial charge on any atom is -0.300 e. The normalized spacial score (nSPS) is 16.2. The standard InChI is InChI=1S/C6H10N4.C2H6/c1-10-3-2-5-6(4-10)8-9-7-5;1-2/h2-4H2,1H3,(H,7,8,9);1-2H3. The van der Waals surface area contributed by atoms with Gasteiger partial charge in [-0.25, -0.2) is 0 Å². The molecule has 4 heteroatoms. The smallest absolute Gasteiger partial charge is 0.0997 e. The molecule has 0 unspecified atom stereocenters. The fourth-order valence-corrected chi connectivity index (χ4v) is 1.23. The van der Waals surface area contributed by atoms with E-state index in [1.54, 1.807) is 0 Å². The van der Waals surface area contributed by atoms with Gasteiger partial charge in [0.15, 0.2) is 0 Å².